The molecule has 0 aliphatic rings. The van der Waals surface area contributed by atoms with Gasteiger partial charge in [-0.2, -0.15) is 5.26 Å². The van der Waals surface area contributed by atoms with E-state index in [0.717, 1.165) is 0 Å². The van der Waals surface area contributed by atoms with Gasteiger partial charge in [0.05, 0.1) is 6.54 Å². The second-order valence-electron chi connectivity index (χ2n) is 0.994. The van der Waals surface area contributed by atoms with Gasteiger partial charge in [-0.3, -0.25) is 4.89 Å². The minimum atomic E-state index is -0.678. The van der Waals surface area contributed by atoms with Crippen LogP contribution < -0.4 is 5.32 Å². The van der Waals surface area contributed by atoms with Crippen LogP contribution in [0.3, 0.4) is 0 Å². The molecule has 0 unspecified atom stereocenters. The van der Waals surface area contributed by atoms with Crippen LogP contribution in [0, 0.1) is 0 Å². The van der Waals surface area contributed by atoms with Crippen molar-refractivity contribution < 1.29 is 14.9 Å². The molecule has 0 atom stereocenters. The van der Waals surface area contributed by atoms with Crippen LogP contribution in [0.1, 0.15) is 0 Å². The van der Waals surface area contributed by atoms with Gasteiger partial charge in [0.1, 0.15) is 0 Å². The van der Waals surface area contributed by atoms with E-state index in [1.807, 2.05) is 0 Å². The van der Waals surface area contributed by atoms with Crippen molar-refractivity contribution in [2.24, 2.45) is 0 Å². The summed E-state index contributed by atoms with van der Waals surface area (Å²) in [6.45, 7) is 0.0382. The van der Waals surface area contributed by atoms with E-state index < -0.39 is 5.97 Å². The minimum Gasteiger partial charge on any atom is -0.310 e. The van der Waals surface area contributed by atoms with Gasteiger partial charge in [0.2, 0.25) is 0 Å². The zero-order chi connectivity index (χ0) is 5.70. The van der Waals surface area contributed by atoms with E-state index >= 15 is 0 Å². The van der Waals surface area contributed by atoms with Crippen LogP contribution in [-0.2, 0) is 9.68 Å². The van der Waals surface area contributed by atoms with Gasteiger partial charge >= 0.3 is 5.97 Å². The lowest BCUT2D eigenvalue weighted by Crippen LogP contribution is -2.19. The van der Waals surface area contributed by atoms with Crippen LogP contribution in [0.5, 0.6) is 0 Å². The Bertz CT molecular complexity index is 63.2. The quantitative estimate of drug-likeness (QED) is 0.357. The fourth-order valence-electron chi connectivity index (χ4n) is 0.177. The second kappa shape index (κ2) is 3.58. The second-order valence-corrected chi connectivity index (χ2v) is 0.994. The summed E-state index contributed by atoms with van der Waals surface area (Å²) < 4.78 is 0. The van der Waals surface area contributed by atoms with E-state index in [2.05, 4.69) is 10.2 Å². The number of carbonyl (C=O) groups is 1. The normalized spacial score (nSPS) is 8.29. The number of carbonyl (C=O) groups excluding carboxylic acids is 1. The summed E-state index contributed by atoms with van der Waals surface area (Å²) in [5.74, 6) is -0.678. The molecule has 0 aliphatic heterocycles. The Hall–Kier alpha value is -0.610. The van der Waals surface area contributed by atoms with Gasteiger partial charge in [0.25, 0.3) is 0 Å². The first-order valence-electron chi connectivity index (χ1n) is 1.80. The zero-order valence-corrected chi connectivity index (χ0v) is 3.97. The SMILES string of the molecule is CNCC(=O)OO. The molecule has 0 radical (unpaired) electrons. The topological polar surface area (TPSA) is 58.6 Å². The Balaban J connectivity index is 3.00. The molecule has 0 aromatic rings. The lowest BCUT2D eigenvalue weighted by molar-refractivity contribution is -0.232. The van der Waals surface area contributed by atoms with Crippen molar-refractivity contribution in [3.05, 3.63) is 0 Å². The first kappa shape index (κ1) is 6.39. The van der Waals surface area contributed by atoms with Crippen molar-refractivity contribution >= 4 is 5.97 Å². The predicted octanol–water partition coefficient (Wildman–Crippen LogP) is -0.778. The average molecular weight is 105 g/mol. The lowest BCUT2D eigenvalue weighted by Gasteiger charge is -1.90. The van der Waals surface area contributed by atoms with Crippen molar-refractivity contribution in [2.75, 3.05) is 13.6 Å². The summed E-state index contributed by atoms with van der Waals surface area (Å²) in [6.07, 6.45) is 0. The van der Waals surface area contributed by atoms with Gasteiger partial charge in [-0.1, -0.05) is 0 Å². The van der Waals surface area contributed by atoms with E-state index in [4.69, 9.17) is 5.26 Å². The number of rotatable bonds is 2. The monoisotopic (exact) mass is 105 g/mol. The van der Waals surface area contributed by atoms with Crippen LogP contribution in [0.4, 0.5) is 0 Å². The third-order valence-electron chi connectivity index (χ3n) is 0.423. The standard InChI is InChI=1S/C3H7NO3/c1-4-2-3(5)7-6/h4,6H,2H2,1H3. The Morgan fingerprint density at radius 3 is 2.71 bits per heavy atom. The van der Waals surface area contributed by atoms with Crippen LogP contribution in [0.2, 0.25) is 0 Å². The molecular formula is C3H7NO3. The molecule has 0 bridgehead atoms. The third-order valence-corrected chi connectivity index (χ3v) is 0.423. The van der Waals surface area contributed by atoms with E-state index in [0.29, 0.717) is 0 Å². The molecule has 2 N–H and O–H groups in total. The summed E-state index contributed by atoms with van der Waals surface area (Å²) in [5, 5.41) is 10.1. The maximum absolute atomic E-state index is 9.88. The third kappa shape index (κ3) is 3.21. The van der Waals surface area contributed by atoms with Crippen molar-refractivity contribution in [3.63, 3.8) is 0 Å². The van der Waals surface area contributed by atoms with E-state index in [1.54, 1.807) is 7.05 Å². The first-order valence-corrected chi connectivity index (χ1v) is 1.80. The van der Waals surface area contributed by atoms with Crippen LogP contribution in [0.15, 0.2) is 0 Å². The highest BCUT2D eigenvalue weighted by Crippen LogP contribution is 1.63. The smallest absolute Gasteiger partial charge is 0.310 e. The number of hydrogen-bond acceptors (Lipinski definition) is 4. The zero-order valence-electron chi connectivity index (χ0n) is 3.97. The summed E-state index contributed by atoms with van der Waals surface area (Å²) >= 11 is 0. The van der Waals surface area contributed by atoms with Gasteiger partial charge in [-0.05, 0) is 7.05 Å². The molecule has 42 valence electrons. The summed E-state index contributed by atoms with van der Waals surface area (Å²) in [5.41, 5.74) is 0. The van der Waals surface area contributed by atoms with Crippen LogP contribution in [0.25, 0.3) is 0 Å². The van der Waals surface area contributed by atoms with Gasteiger partial charge < -0.3 is 5.32 Å². The fourth-order valence-corrected chi connectivity index (χ4v) is 0.177. The molecule has 0 saturated carbocycles. The van der Waals surface area contributed by atoms with E-state index in [9.17, 15) is 4.79 Å². The molecule has 7 heavy (non-hydrogen) atoms. The summed E-state index contributed by atoms with van der Waals surface area (Å²) in [6, 6.07) is 0. The van der Waals surface area contributed by atoms with Crippen molar-refractivity contribution in [1.82, 2.24) is 5.32 Å². The molecule has 4 heteroatoms. The van der Waals surface area contributed by atoms with E-state index in [1.165, 1.54) is 0 Å². The fraction of sp³-hybridized carbons (Fsp3) is 0.667. The Kier molecular flexibility index (Phi) is 3.26. The molecule has 0 aromatic carbocycles. The number of nitrogens with one attached hydrogen (secondary N) is 1. The van der Waals surface area contributed by atoms with Gasteiger partial charge in [0.15, 0.2) is 0 Å². The molecule has 0 spiro atoms. The maximum Gasteiger partial charge on any atom is 0.355 e. The highest BCUT2D eigenvalue weighted by atomic mass is 17.1. The molecule has 0 rings (SSSR count). The van der Waals surface area contributed by atoms with Crippen molar-refractivity contribution in [1.29, 1.82) is 0 Å². The van der Waals surface area contributed by atoms with Crippen molar-refractivity contribution in [2.45, 2.75) is 0 Å². The number of hydrogen-bond donors (Lipinski definition) is 2. The first-order chi connectivity index (χ1) is 3.31. The summed E-state index contributed by atoms with van der Waals surface area (Å²) in [4.78, 5) is 13.2. The van der Waals surface area contributed by atoms with Gasteiger partial charge in [-0.25, -0.2) is 4.79 Å². The van der Waals surface area contributed by atoms with E-state index in [-0.39, 0.29) is 6.54 Å². The highest BCUT2D eigenvalue weighted by molar-refractivity contribution is 5.70. The molecule has 0 fully saturated rings. The minimum absolute atomic E-state index is 0.0382. The van der Waals surface area contributed by atoms with Gasteiger partial charge in [-0.15, -0.1) is 0 Å². The van der Waals surface area contributed by atoms with Gasteiger partial charge in [0, 0.05) is 0 Å². The predicted molar refractivity (Wildman–Crippen MR) is 22.6 cm³/mol. The lowest BCUT2D eigenvalue weighted by atomic mass is 10.7. The summed E-state index contributed by atoms with van der Waals surface area (Å²) in [7, 11) is 1.58. The Morgan fingerprint density at radius 2 is 2.57 bits per heavy atom. The largest absolute Gasteiger partial charge is 0.355 e. The molecule has 0 amide bonds. The molecule has 0 aliphatic carbocycles. The average Bonchev–Trinajstić information content (AvgIpc) is 1.68. The molecule has 0 aromatic heterocycles. The Labute approximate surface area is 41.0 Å². The maximum atomic E-state index is 9.88. The highest BCUT2D eigenvalue weighted by Gasteiger charge is 1.94. The molecular weight excluding hydrogens is 98.0 g/mol. The van der Waals surface area contributed by atoms with Crippen LogP contribution >= 0.6 is 0 Å². The van der Waals surface area contributed by atoms with Crippen molar-refractivity contribution in [3.8, 4) is 0 Å². The number of likely N-dealkylation sites (N-methyl/N-ethyl adjacent to an activating group) is 1. The molecule has 0 saturated heterocycles. The molecule has 0 heterocycles. The van der Waals surface area contributed by atoms with Crippen LogP contribution in [-0.4, -0.2) is 24.8 Å². The molecule has 4 nitrogen and oxygen atoms in total. The Morgan fingerprint density at radius 1 is 2.00 bits per heavy atom.